The molecule has 0 aromatic heterocycles. The summed E-state index contributed by atoms with van der Waals surface area (Å²) >= 11 is 0. The number of carbonyl (C=O) groups is 3. The molecule has 166 valence electrons. The van der Waals surface area contributed by atoms with Crippen LogP contribution in [0.1, 0.15) is 52.5 Å². The lowest BCUT2D eigenvalue weighted by Gasteiger charge is -2.37. The van der Waals surface area contributed by atoms with Crippen molar-refractivity contribution in [3.8, 4) is 0 Å². The van der Waals surface area contributed by atoms with Gasteiger partial charge in [-0.15, -0.1) is 0 Å². The first-order valence-electron chi connectivity index (χ1n) is 11.3. The van der Waals surface area contributed by atoms with Crippen molar-refractivity contribution < 1.29 is 14.4 Å². The molecule has 30 heavy (non-hydrogen) atoms. The van der Waals surface area contributed by atoms with Gasteiger partial charge in [-0.25, -0.2) is 0 Å². The Hall–Kier alpha value is -2.37. The predicted molar refractivity (Wildman–Crippen MR) is 119 cm³/mol. The Morgan fingerprint density at radius 2 is 1.67 bits per heavy atom. The molecule has 1 aliphatic heterocycles. The first-order valence-corrected chi connectivity index (χ1v) is 11.3. The van der Waals surface area contributed by atoms with Gasteiger partial charge in [0, 0.05) is 32.6 Å². The molecule has 0 saturated carbocycles. The van der Waals surface area contributed by atoms with Crippen molar-refractivity contribution >= 4 is 17.7 Å². The van der Waals surface area contributed by atoms with E-state index >= 15 is 0 Å². The molecule has 0 unspecified atom stereocenters. The summed E-state index contributed by atoms with van der Waals surface area (Å²) in [5.74, 6) is 0.334. The highest BCUT2D eigenvalue weighted by atomic mass is 16.2. The number of benzene rings is 1. The molecule has 3 amide bonds. The lowest BCUT2D eigenvalue weighted by Crippen LogP contribution is -2.55. The molecular formula is C24H37N3O3. The molecule has 1 atom stereocenters. The summed E-state index contributed by atoms with van der Waals surface area (Å²) in [6.45, 7) is 10.4. The van der Waals surface area contributed by atoms with Crippen molar-refractivity contribution in [1.29, 1.82) is 0 Å². The number of hydrogen-bond acceptors (Lipinski definition) is 3. The van der Waals surface area contributed by atoms with Gasteiger partial charge in [0.05, 0.1) is 6.42 Å². The molecule has 1 aliphatic rings. The Kier molecular flexibility index (Phi) is 9.34. The lowest BCUT2D eigenvalue weighted by molar-refractivity contribution is -0.139. The van der Waals surface area contributed by atoms with Crippen molar-refractivity contribution in [2.75, 3.05) is 26.2 Å². The fraction of sp³-hybridized carbons (Fsp3) is 0.625. The van der Waals surface area contributed by atoms with E-state index < -0.39 is 6.04 Å². The van der Waals surface area contributed by atoms with Crippen LogP contribution in [0.5, 0.6) is 0 Å². The third-order valence-electron chi connectivity index (χ3n) is 5.81. The smallest absolute Gasteiger partial charge is 0.245 e. The minimum atomic E-state index is -0.512. The maximum atomic E-state index is 13.1. The SMILES string of the molecule is CCN(CC)C(=O)[C@H](NC(=O)CC(C)C)C1CCN(C(=O)Cc2ccccc2)CC1. The van der Waals surface area contributed by atoms with E-state index in [1.54, 1.807) is 4.90 Å². The zero-order chi connectivity index (χ0) is 22.1. The number of rotatable bonds is 9. The van der Waals surface area contributed by atoms with Crippen molar-refractivity contribution in [3.63, 3.8) is 0 Å². The monoisotopic (exact) mass is 415 g/mol. The third-order valence-corrected chi connectivity index (χ3v) is 5.81. The van der Waals surface area contributed by atoms with E-state index in [0.29, 0.717) is 39.0 Å². The maximum absolute atomic E-state index is 13.1. The molecule has 0 bridgehead atoms. The van der Waals surface area contributed by atoms with Gasteiger partial charge in [0.15, 0.2) is 0 Å². The first kappa shape index (κ1) is 23.9. The van der Waals surface area contributed by atoms with E-state index in [-0.39, 0.29) is 29.6 Å². The topological polar surface area (TPSA) is 69.7 Å². The summed E-state index contributed by atoms with van der Waals surface area (Å²) in [7, 11) is 0. The van der Waals surface area contributed by atoms with Crippen LogP contribution in [0.3, 0.4) is 0 Å². The summed E-state index contributed by atoms with van der Waals surface area (Å²) in [4.78, 5) is 41.9. The van der Waals surface area contributed by atoms with Crippen LogP contribution in [-0.4, -0.2) is 59.7 Å². The number of nitrogens with zero attached hydrogens (tertiary/aromatic N) is 2. The Morgan fingerprint density at radius 1 is 1.07 bits per heavy atom. The fourth-order valence-corrected chi connectivity index (χ4v) is 4.08. The third kappa shape index (κ3) is 6.85. The van der Waals surface area contributed by atoms with Crippen molar-refractivity contribution in [2.24, 2.45) is 11.8 Å². The average Bonchev–Trinajstić information content (AvgIpc) is 2.73. The number of hydrogen-bond donors (Lipinski definition) is 1. The molecule has 0 aliphatic carbocycles. The van der Waals surface area contributed by atoms with Crippen LogP contribution in [0, 0.1) is 11.8 Å². The highest BCUT2D eigenvalue weighted by Gasteiger charge is 2.35. The Bertz CT molecular complexity index is 693. The maximum Gasteiger partial charge on any atom is 0.245 e. The van der Waals surface area contributed by atoms with Gasteiger partial charge in [-0.3, -0.25) is 14.4 Å². The van der Waals surface area contributed by atoms with Gasteiger partial charge in [-0.2, -0.15) is 0 Å². The largest absolute Gasteiger partial charge is 0.344 e. The predicted octanol–water partition coefficient (Wildman–Crippen LogP) is 2.87. The van der Waals surface area contributed by atoms with Gasteiger partial charge >= 0.3 is 0 Å². The molecule has 1 aromatic carbocycles. The Morgan fingerprint density at radius 3 is 2.20 bits per heavy atom. The minimum Gasteiger partial charge on any atom is -0.344 e. The van der Waals surface area contributed by atoms with Gasteiger partial charge < -0.3 is 15.1 Å². The first-order chi connectivity index (χ1) is 14.3. The lowest BCUT2D eigenvalue weighted by atomic mass is 9.87. The summed E-state index contributed by atoms with van der Waals surface area (Å²) in [6, 6.07) is 9.25. The highest BCUT2D eigenvalue weighted by Crippen LogP contribution is 2.23. The van der Waals surface area contributed by atoms with E-state index in [2.05, 4.69) is 5.32 Å². The normalized spacial score (nSPS) is 15.7. The van der Waals surface area contributed by atoms with Crippen LogP contribution in [0.2, 0.25) is 0 Å². The zero-order valence-corrected chi connectivity index (χ0v) is 18.9. The van der Waals surface area contributed by atoms with Crippen molar-refractivity contribution in [2.45, 2.75) is 59.4 Å². The number of likely N-dealkylation sites (N-methyl/N-ethyl adjacent to an activating group) is 1. The van der Waals surface area contributed by atoms with Crippen LogP contribution in [0.15, 0.2) is 30.3 Å². The second-order valence-corrected chi connectivity index (χ2v) is 8.53. The number of carbonyl (C=O) groups excluding carboxylic acids is 3. The second kappa shape index (κ2) is 11.7. The summed E-state index contributed by atoms with van der Waals surface area (Å²) in [5, 5.41) is 3.02. The molecule has 1 fully saturated rings. The van der Waals surface area contributed by atoms with Crippen LogP contribution in [0.4, 0.5) is 0 Å². The zero-order valence-electron chi connectivity index (χ0n) is 18.9. The second-order valence-electron chi connectivity index (χ2n) is 8.53. The van der Waals surface area contributed by atoms with Gasteiger partial charge in [0.1, 0.15) is 6.04 Å². The summed E-state index contributed by atoms with van der Waals surface area (Å²) < 4.78 is 0. The van der Waals surface area contributed by atoms with E-state index in [9.17, 15) is 14.4 Å². The molecule has 6 heteroatoms. The number of amides is 3. The van der Waals surface area contributed by atoms with E-state index in [1.165, 1.54) is 0 Å². The molecule has 2 rings (SSSR count). The Labute approximate surface area is 181 Å². The van der Waals surface area contributed by atoms with Crippen LogP contribution < -0.4 is 5.32 Å². The van der Waals surface area contributed by atoms with Gasteiger partial charge in [0.2, 0.25) is 17.7 Å². The van der Waals surface area contributed by atoms with E-state index in [0.717, 1.165) is 18.4 Å². The van der Waals surface area contributed by atoms with Gasteiger partial charge in [-0.1, -0.05) is 44.2 Å². The van der Waals surface area contributed by atoms with Crippen molar-refractivity contribution in [3.05, 3.63) is 35.9 Å². The van der Waals surface area contributed by atoms with Gasteiger partial charge in [-0.05, 0) is 44.1 Å². The molecule has 1 heterocycles. The average molecular weight is 416 g/mol. The number of nitrogens with one attached hydrogen (secondary N) is 1. The minimum absolute atomic E-state index is 0.00818. The molecule has 1 N–H and O–H groups in total. The fourth-order valence-electron chi connectivity index (χ4n) is 4.08. The highest BCUT2D eigenvalue weighted by molar-refractivity contribution is 5.88. The number of likely N-dealkylation sites (tertiary alicyclic amines) is 1. The summed E-state index contributed by atoms with van der Waals surface area (Å²) in [6.07, 6.45) is 2.26. The van der Waals surface area contributed by atoms with Crippen molar-refractivity contribution in [1.82, 2.24) is 15.1 Å². The molecular weight excluding hydrogens is 378 g/mol. The quantitative estimate of drug-likeness (QED) is 0.674. The molecule has 6 nitrogen and oxygen atoms in total. The number of piperidine rings is 1. The van der Waals surface area contributed by atoms with Crippen LogP contribution in [0.25, 0.3) is 0 Å². The molecule has 1 aromatic rings. The molecule has 0 spiro atoms. The molecule has 1 saturated heterocycles. The molecule has 0 radical (unpaired) electrons. The van der Waals surface area contributed by atoms with E-state index in [1.807, 2.05) is 62.9 Å². The van der Waals surface area contributed by atoms with Crippen LogP contribution in [-0.2, 0) is 20.8 Å². The van der Waals surface area contributed by atoms with E-state index in [4.69, 9.17) is 0 Å². The standard InChI is InChI=1S/C24H37N3O3/c1-5-26(6-2)24(30)23(25-21(28)16-18(3)4)20-12-14-27(15-13-20)22(29)17-19-10-8-7-9-11-19/h7-11,18,20,23H,5-6,12-17H2,1-4H3,(H,25,28)/t23-/m1/s1. The van der Waals surface area contributed by atoms with Gasteiger partial charge in [0.25, 0.3) is 0 Å². The Balaban J connectivity index is 2.01. The van der Waals surface area contributed by atoms with Crippen LogP contribution >= 0.6 is 0 Å². The summed E-state index contributed by atoms with van der Waals surface area (Å²) in [5.41, 5.74) is 1.01.